The van der Waals surface area contributed by atoms with Crippen LogP contribution in [0, 0.1) is 5.82 Å². The average molecular weight is 539 g/mol. The summed E-state index contributed by atoms with van der Waals surface area (Å²) in [4.78, 5) is 28.1. The van der Waals surface area contributed by atoms with E-state index in [4.69, 9.17) is 11.6 Å². The molecular formula is C25H32ClFN4O4S. The van der Waals surface area contributed by atoms with Gasteiger partial charge in [0.1, 0.15) is 18.4 Å². The van der Waals surface area contributed by atoms with E-state index >= 15 is 0 Å². The Labute approximate surface area is 217 Å². The number of rotatable bonds is 10. The third-order valence-corrected chi connectivity index (χ3v) is 8.30. The first-order valence-electron chi connectivity index (χ1n) is 11.8. The molecule has 0 spiro atoms. The Balaban J connectivity index is 1.92. The molecule has 1 aliphatic carbocycles. The molecule has 0 unspecified atom stereocenters. The molecule has 1 fully saturated rings. The van der Waals surface area contributed by atoms with Crippen LogP contribution >= 0.6 is 11.6 Å². The van der Waals surface area contributed by atoms with Crippen LogP contribution in [-0.2, 0) is 26.3 Å². The van der Waals surface area contributed by atoms with E-state index in [1.807, 2.05) is 0 Å². The molecule has 1 saturated carbocycles. The second-order valence-electron chi connectivity index (χ2n) is 9.09. The second kappa shape index (κ2) is 12.0. The molecule has 8 nitrogen and oxygen atoms in total. The predicted octanol–water partition coefficient (Wildman–Crippen LogP) is 3.57. The molecule has 196 valence electrons. The first kappa shape index (κ1) is 27.9. The molecule has 2 amide bonds. The van der Waals surface area contributed by atoms with Crippen molar-refractivity contribution in [3.63, 3.8) is 0 Å². The van der Waals surface area contributed by atoms with E-state index in [0.29, 0.717) is 10.6 Å². The number of carbonyl (C=O) groups excluding carboxylic acids is 2. The molecule has 36 heavy (non-hydrogen) atoms. The van der Waals surface area contributed by atoms with Crippen LogP contribution in [0.3, 0.4) is 0 Å². The quantitative estimate of drug-likeness (QED) is 0.501. The van der Waals surface area contributed by atoms with Gasteiger partial charge in [0.05, 0.1) is 5.69 Å². The van der Waals surface area contributed by atoms with Crippen LogP contribution in [0.1, 0.15) is 38.2 Å². The fraction of sp³-hybridized carbons (Fsp3) is 0.440. The van der Waals surface area contributed by atoms with Crippen molar-refractivity contribution < 1.29 is 22.4 Å². The first-order valence-corrected chi connectivity index (χ1v) is 13.6. The lowest BCUT2D eigenvalue weighted by Gasteiger charge is -2.33. The van der Waals surface area contributed by atoms with Crippen LogP contribution in [0.25, 0.3) is 0 Å². The van der Waals surface area contributed by atoms with Gasteiger partial charge in [-0.25, -0.2) is 8.70 Å². The minimum absolute atomic E-state index is 0.0535. The summed E-state index contributed by atoms with van der Waals surface area (Å²) in [6, 6.07) is 10.9. The van der Waals surface area contributed by atoms with Gasteiger partial charge in [-0.05, 0) is 61.7 Å². The van der Waals surface area contributed by atoms with E-state index in [1.54, 1.807) is 31.2 Å². The van der Waals surface area contributed by atoms with Crippen molar-refractivity contribution >= 4 is 39.3 Å². The van der Waals surface area contributed by atoms with Gasteiger partial charge in [-0.3, -0.25) is 9.59 Å². The molecule has 0 heterocycles. The number of hydrogen-bond donors (Lipinski definition) is 1. The molecule has 2 aromatic rings. The summed E-state index contributed by atoms with van der Waals surface area (Å²) < 4.78 is 41.6. The van der Waals surface area contributed by atoms with Crippen LogP contribution in [0.15, 0.2) is 48.5 Å². The van der Waals surface area contributed by atoms with Crippen LogP contribution in [0.5, 0.6) is 0 Å². The molecule has 3 rings (SSSR count). The Hall–Kier alpha value is -2.69. The lowest BCUT2D eigenvalue weighted by atomic mass is 10.1. The summed E-state index contributed by atoms with van der Waals surface area (Å²) in [6.07, 6.45) is 3.86. The van der Waals surface area contributed by atoms with Crippen LogP contribution < -0.4 is 9.62 Å². The van der Waals surface area contributed by atoms with Gasteiger partial charge >= 0.3 is 10.2 Å². The van der Waals surface area contributed by atoms with Crippen molar-refractivity contribution in [2.75, 3.05) is 24.9 Å². The Morgan fingerprint density at radius 2 is 1.75 bits per heavy atom. The molecule has 2 aromatic carbocycles. The molecule has 11 heteroatoms. The highest BCUT2D eigenvalue weighted by atomic mass is 35.5. The third kappa shape index (κ3) is 6.96. The van der Waals surface area contributed by atoms with E-state index < -0.39 is 34.5 Å². The van der Waals surface area contributed by atoms with Gasteiger partial charge in [-0.1, -0.05) is 36.6 Å². The molecular weight excluding hydrogens is 507 g/mol. The molecule has 0 saturated heterocycles. The summed E-state index contributed by atoms with van der Waals surface area (Å²) in [5, 5.41) is 3.49. The summed E-state index contributed by atoms with van der Waals surface area (Å²) in [5.74, 6) is -1.42. The number of anilines is 1. The smallest absolute Gasteiger partial charge is 0.304 e. The van der Waals surface area contributed by atoms with Gasteiger partial charge in [-0.15, -0.1) is 0 Å². The summed E-state index contributed by atoms with van der Waals surface area (Å²) >= 11 is 6.13. The number of amides is 2. The van der Waals surface area contributed by atoms with Crippen LogP contribution in [0.4, 0.5) is 10.1 Å². The van der Waals surface area contributed by atoms with E-state index in [1.165, 1.54) is 31.1 Å². The van der Waals surface area contributed by atoms with Crippen molar-refractivity contribution in [2.24, 2.45) is 0 Å². The van der Waals surface area contributed by atoms with Gasteiger partial charge in [-0.2, -0.15) is 12.7 Å². The van der Waals surface area contributed by atoms with Crippen molar-refractivity contribution in [2.45, 2.75) is 51.2 Å². The Bertz CT molecular complexity index is 1170. The van der Waals surface area contributed by atoms with E-state index in [0.717, 1.165) is 46.4 Å². The highest BCUT2D eigenvalue weighted by molar-refractivity contribution is 7.90. The highest BCUT2D eigenvalue weighted by Crippen LogP contribution is 2.22. The van der Waals surface area contributed by atoms with E-state index in [2.05, 4.69) is 5.32 Å². The fourth-order valence-electron chi connectivity index (χ4n) is 4.13. The number of halogens is 2. The zero-order valence-electron chi connectivity index (χ0n) is 20.7. The molecule has 0 aliphatic heterocycles. The molecule has 0 aromatic heterocycles. The average Bonchev–Trinajstić information content (AvgIpc) is 3.34. The first-order chi connectivity index (χ1) is 17.0. The Kier molecular flexibility index (Phi) is 9.32. The Morgan fingerprint density at radius 1 is 1.11 bits per heavy atom. The van der Waals surface area contributed by atoms with Crippen LogP contribution in [0.2, 0.25) is 5.02 Å². The predicted molar refractivity (Wildman–Crippen MR) is 138 cm³/mol. The van der Waals surface area contributed by atoms with Gasteiger partial charge < -0.3 is 10.2 Å². The lowest BCUT2D eigenvalue weighted by Crippen LogP contribution is -2.53. The highest BCUT2D eigenvalue weighted by Gasteiger charge is 2.33. The minimum Gasteiger partial charge on any atom is -0.352 e. The van der Waals surface area contributed by atoms with E-state index in [9.17, 15) is 22.4 Å². The SMILES string of the molecule is C[C@@H](C(=O)NC1CCCC1)N(Cc1cccc(Cl)c1)C(=O)CN(c1ccc(F)cc1)S(=O)(=O)N(C)C. The molecule has 1 N–H and O–H groups in total. The van der Waals surface area contributed by atoms with Crippen molar-refractivity contribution in [1.82, 2.24) is 14.5 Å². The zero-order valence-corrected chi connectivity index (χ0v) is 22.2. The van der Waals surface area contributed by atoms with Crippen molar-refractivity contribution in [1.29, 1.82) is 0 Å². The number of hydrogen-bond acceptors (Lipinski definition) is 4. The number of carbonyl (C=O) groups is 2. The zero-order chi connectivity index (χ0) is 26.5. The van der Waals surface area contributed by atoms with Crippen LogP contribution in [-0.4, -0.2) is 62.2 Å². The van der Waals surface area contributed by atoms with Gasteiger partial charge in [0, 0.05) is 31.7 Å². The number of nitrogens with one attached hydrogen (secondary N) is 1. The molecule has 0 bridgehead atoms. The fourth-order valence-corrected chi connectivity index (χ4v) is 5.40. The second-order valence-corrected chi connectivity index (χ2v) is 11.6. The summed E-state index contributed by atoms with van der Waals surface area (Å²) in [5.41, 5.74) is 0.824. The molecule has 0 radical (unpaired) electrons. The minimum atomic E-state index is -4.10. The maximum atomic E-state index is 13.6. The summed E-state index contributed by atoms with van der Waals surface area (Å²) in [6.45, 7) is 1.10. The maximum absolute atomic E-state index is 13.6. The summed E-state index contributed by atoms with van der Waals surface area (Å²) in [7, 11) is -1.41. The number of nitrogens with zero attached hydrogens (tertiary/aromatic N) is 3. The van der Waals surface area contributed by atoms with Gasteiger partial charge in [0.2, 0.25) is 11.8 Å². The van der Waals surface area contributed by atoms with E-state index in [-0.39, 0.29) is 24.2 Å². The largest absolute Gasteiger partial charge is 0.352 e. The number of benzene rings is 2. The van der Waals surface area contributed by atoms with Gasteiger partial charge in [0.15, 0.2) is 0 Å². The molecule has 1 atom stereocenters. The maximum Gasteiger partial charge on any atom is 0.304 e. The van der Waals surface area contributed by atoms with Gasteiger partial charge in [0.25, 0.3) is 0 Å². The topological polar surface area (TPSA) is 90.0 Å². The Morgan fingerprint density at radius 3 is 2.33 bits per heavy atom. The lowest BCUT2D eigenvalue weighted by molar-refractivity contribution is -0.139. The van der Waals surface area contributed by atoms with Crippen molar-refractivity contribution in [3.05, 3.63) is 64.9 Å². The molecule has 1 aliphatic rings. The normalized spacial score (nSPS) is 15.1. The monoisotopic (exact) mass is 538 g/mol. The standard InChI is InChI=1S/C25H32ClFN4O4S/c1-18(25(33)28-22-9-4-5-10-22)30(16-19-7-6-8-20(26)15-19)24(32)17-31(36(34,35)29(2)3)23-13-11-21(27)12-14-23/h6-8,11-15,18,22H,4-5,9-10,16-17H2,1-3H3,(H,28,33)/t18-/m0/s1. The van der Waals surface area contributed by atoms with Crippen molar-refractivity contribution in [3.8, 4) is 0 Å². The third-order valence-electron chi connectivity index (χ3n) is 6.24.